The molecule has 5 rings (SSSR count). The van der Waals surface area contributed by atoms with Crippen molar-refractivity contribution in [2.75, 3.05) is 18.4 Å². The lowest BCUT2D eigenvalue weighted by atomic mass is 9.75. The van der Waals surface area contributed by atoms with E-state index in [1.165, 1.54) is 0 Å². The number of anilines is 1. The molecular weight excluding hydrogens is 435 g/mol. The van der Waals surface area contributed by atoms with E-state index in [1.807, 2.05) is 30.3 Å². The van der Waals surface area contributed by atoms with Crippen molar-refractivity contribution in [1.29, 1.82) is 5.26 Å². The standard InChI is InChI=1S/C25H29FN6O2/c26-25(18-4-2-1-3-5-18)15-31(16-25)19-8-10-24(11-9-19,12-13-27)32-14-20(21(28)33)22(30-32)29-23(34)17-6-7-17/h1-5,14,17,19H,6-12,15-16H2,(H2,28,33)(H,29,30,34). The maximum absolute atomic E-state index is 15.3. The van der Waals surface area contributed by atoms with E-state index in [2.05, 4.69) is 21.4 Å². The van der Waals surface area contributed by atoms with Crippen LogP contribution in [0, 0.1) is 17.2 Å². The average Bonchev–Trinajstić information content (AvgIpc) is 3.58. The number of carbonyl (C=O) groups excluding carboxylic acids is 2. The molecule has 3 N–H and O–H groups in total. The number of nitrogens with one attached hydrogen (secondary N) is 1. The minimum absolute atomic E-state index is 0.0376. The summed E-state index contributed by atoms with van der Waals surface area (Å²) >= 11 is 0. The highest BCUT2D eigenvalue weighted by Crippen LogP contribution is 2.44. The number of benzene rings is 1. The van der Waals surface area contributed by atoms with Gasteiger partial charge in [-0.1, -0.05) is 30.3 Å². The summed E-state index contributed by atoms with van der Waals surface area (Å²) < 4.78 is 17.0. The molecule has 8 nitrogen and oxygen atoms in total. The fourth-order valence-electron chi connectivity index (χ4n) is 5.37. The van der Waals surface area contributed by atoms with E-state index in [0.717, 1.165) is 31.2 Å². The summed E-state index contributed by atoms with van der Waals surface area (Å²) in [5, 5.41) is 16.8. The first-order valence-electron chi connectivity index (χ1n) is 11.9. The summed E-state index contributed by atoms with van der Waals surface area (Å²) in [7, 11) is 0. The minimum Gasteiger partial charge on any atom is -0.365 e. The van der Waals surface area contributed by atoms with Gasteiger partial charge in [0.25, 0.3) is 5.91 Å². The fraction of sp³-hybridized carbons (Fsp3) is 0.520. The van der Waals surface area contributed by atoms with Gasteiger partial charge in [-0.05, 0) is 44.1 Å². The molecule has 0 bridgehead atoms. The molecular formula is C25H29FN6O2. The minimum atomic E-state index is -1.31. The molecule has 0 unspecified atom stereocenters. The summed E-state index contributed by atoms with van der Waals surface area (Å²) in [4.78, 5) is 26.5. The number of amides is 2. The normalized spacial score (nSPS) is 26.3. The SMILES string of the molecule is N#CCC1(n2cc(C(N)=O)c(NC(=O)C3CC3)n2)CCC(N2CC(F)(c3ccccc3)C2)CC1. The predicted octanol–water partition coefficient (Wildman–Crippen LogP) is 3.06. The molecule has 2 aromatic rings. The van der Waals surface area contributed by atoms with Gasteiger partial charge in [0, 0.05) is 31.2 Å². The van der Waals surface area contributed by atoms with Crippen LogP contribution in [-0.2, 0) is 16.0 Å². The third-order valence-corrected chi connectivity index (χ3v) is 7.66. The van der Waals surface area contributed by atoms with Crippen LogP contribution in [0.4, 0.5) is 10.2 Å². The monoisotopic (exact) mass is 464 g/mol. The lowest BCUT2D eigenvalue weighted by molar-refractivity contribution is -0.117. The Kier molecular flexibility index (Phi) is 5.64. The Bertz CT molecular complexity index is 1120. The summed E-state index contributed by atoms with van der Waals surface area (Å²) in [5.74, 6) is -0.698. The summed E-state index contributed by atoms with van der Waals surface area (Å²) in [6.07, 6.45) is 6.38. The Morgan fingerprint density at radius 3 is 2.44 bits per heavy atom. The quantitative estimate of drug-likeness (QED) is 0.653. The molecule has 1 aromatic heterocycles. The third kappa shape index (κ3) is 4.07. The number of aromatic nitrogens is 2. The van der Waals surface area contributed by atoms with E-state index >= 15 is 4.39 Å². The maximum Gasteiger partial charge on any atom is 0.254 e. The van der Waals surface area contributed by atoms with Gasteiger partial charge in [-0.2, -0.15) is 10.4 Å². The van der Waals surface area contributed by atoms with Crippen molar-refractivity contribution < 1.29 is 14.0 Å². The largest absolute Gasteiger partial charge is 0.365 e. The van der Waals surface area contributed by atoms with Gasteiger partial charge in [-0.3, -0.25) is 19.2 Å². The first-order valence-corrected chi connectivity index (χ1v) is 11.9. The summed E-state index contributed by atoms with van der Waals surface area (Å²) in [5.41, 5.74) is 4.53. The molecule has 0 radical (unpaired) electrons. The first kappa shape index (κ1) is 22.5. The van der Waals surface area contributed by atoms with Crippen LogP contribution in [0.25, 0.3) is 0 Å². The predicted molar refractivity (Wildman–Crippen MR) is 123 cm³/mol. The smallest absolute Gasteiger partial charge is 0.254 e. The number of hydrogen-bond acceptors (Lipinski definition) is 5. The molecule has 2 saturated carbocycles. The Labute approximate surface area is 197 Å². The van der Waals surface area contributed by atoms with Gasteiger partial charge in [-0.15, -0.1) is 0 Å². The zero-order valence-corrected chi connectivity index (χ0v) is 19.0. The van der Waals surface area contributed by atoms with Crippen molar-refractivity contribution in [2.24, 2.45) is 11.7 Å². The number of hydrogen-bond donors (Lipinski definition) is 2. The van der Waals surface area contributed by atoms with E-state index in [0.29, 0.717) is 25.9 Å². The Morgan fingerprint density at radius 1 is 1.18 bits per heavy atom. The van der Waals surface area contributed by atoms with Crippen LogP contribution in [0.5, 0.6) is 0 Å². The number of carbonyl (C=O) groups is 2. The molecule has 1 aromatic carbocycles. The molecule has 178 valence electrons. The number of alkyl halides is 1. The van der Waals surface area contributed by atoms with Crippen LogP contribution in [0.3, 0.4) is 0 Å². The molecule has 3 aliphatic rings. The van der Waals surface area contributed by atoms with Crippen LogP contribution in [0.1, 0.15) is 60.9 Å². The molecule has 34 heavy (non-hydrogen) atoms. The lowest BCUT2D eigenvalue weighted by Gasteiger charge is -2.51. The number of halogens is 1. The van der Waals surface area contributed by atoms with Crippen molar-refractivity contribution in [3.8, 4) is 6.07 Å². The molecule has 3 fully saturated rings. The van der Waals surface area contributed by atoms with E-state index in [1.54, 1.807) is 10.9 Å². The second-order valence-corrected chi connectivity index (χ2v) is 9.99. The zero-order valence-electron chi connectivity index (χ0n) is 19.0. The topological polar surface area (TPSA) is 117 Å². The fourth-order valence-corrected chi connectivity index (χ4v) is 5.37. The number of nitriles is 1. The van der Waals surface area contributed by atoms with Gasteiger partial charge in [0.1, 0.15) is 5.56 Å². The molecule has 2 aliphatic carbocycles. The van der Waals surface area contributed by atoms with Gasteiger partial charge >= 0.3 is 0 Å². The highest BCUT2D eigenvalue weighted by Gasteiger charge is 2.49. The van der Waals surface area contributed by atoms with E-state index < -0.39 is 17.1 Å². The number of likely N-dealkylation sites (tertiary alicyclic amines) is 1. The van der Waals surface area contributed by atoms with Crippen molar-refractivity contribution in [2.45, 2.75) is 62.2 Å². The van der Waals surface area contributed by atoms with E-state index in [9.17, 15) is 14.9 Å². The van der Waals surface area contributed by atoms with Crippen LogP contribution >= 0.6 is 0 Å². The molecule has 2 amide bonds. The third-order valence-electron chi connectivity index (χ3n) is 7.66. The van der Waals surface area contributed by atoms with Crippen LogP contribution in [0.15, 0.2) is 36.5 Å². The van der Waals surface area contributed by atoms with Gasteiger partial charge in [0.2, 0.25) is 5.91 Å². The van der Waals surface area contributed by atoms with Crippen LogP contribution < -0.4 is 11.1 Å². The lowest BCUT2D eigenvalue weighted by Crippen LogP contribution is -2.61. The van der Waals surface area contributed by atoms with Crippen LogP contribution in [-0.4, -0.2) is 45.6 Å². The molecule has 9 heteroatoms. The average molecular weight is 465 g/mol. The molecule has 1 aliphatic heterocycles. The van der Waals surface area contributed by atoms with Gasteiger partial charge in [0.15, 0.2) is 11.5 Å². The van der Waals surface area contributed by atoms with Crippen molar-refractivity contribution in [1.82, 2.24) is 14.7 Å². The highest BCUT2D eigenvalue weighted by molar-refractivity contribution is 6.02. The molecule has 1 saturated heterocycles. The van der Waals surface area contributed by atoms with E-state index in [-0.39, 0.29) is 35.7 Å². The second-order valence-electron chi connectivity index (χ2n) is 9.99. The van der Waals surface area contributed by atoms with E-state index in [4.69, 9.17) is 5.73 Å². The Hall–Kier alpha value is -3.25. The molecule has 2 heterocycles. The molecule has 0 atom stereocenters. The number of rotatable bonds is 7. The number of nitrogens with two attached hydrogens (primary N) is 1. The first-order chi connectivity index (χ1) is 16.3. The van der Waals surface area contributed by atoms with Crippen molar-refractivity contribution >= 4 is 17.6 Å². The second kappa shape index (κ2) is 8.51. The summed E-state index contributed by atoms with van der Waals surface area (Å²) in [6.45, 7) is 0.746. The van der Waals surface area contributed by atoms with Gasteiger partial charge in [0.05, 0.1) is 18.0 Å². The Morgan fingerprint density at radius 2 is 1.85 bits per heavy atom. The van der Waals surface area contributed by atoms with Crippen molar-refractivity contribution in [3.63, 3.8) is 0 Å². The maximum atomic E-state index is 15.3. The Balaban J connectivity index is 1.29. The van der Waals surface area contributed by atoms with Crippen LogP contribution in [0.2, 0.25) is 0 Å². The number of primary amides is 1. The summed E-state index contributed by atoms with van der Waals surface area (Å²) in [6, 6.07) is 11.8. The highest BCUT2D eigenvalue weighted by atomic mass is 19.1. The number of nitrogens with zero attached hydrogens (tertiary/aromatic N) is 4. The van der Waals surface area contributed by atoms with Gasteiger partial charge < -0.3 is 11.1 Å². The van der Waals surface area contributed by atoms with Gasteiger partial charge in [-0.25, -0.2) is 4.39 Å². The van der Waals surface area contributed by atoms with Crippen molar-refractivity contribution in [3.05, 3.63) is 47.7 Å². The molecule has 0 spiro atoms. The zero-order chi connectivity index (χ0) is 23.9.